The van der Waals surface area contributed by atoms with Crippen molar-refractivity contribution in [2.75, 3.05) is 38.6 Å². The molecule has 4 aromatic rings. The second kappa shape index (κ2) is 12.4. The number of hydrogen-bond acceptors (Lipinski definition) is 10. The van der Waals surface area contributed by atoms with Gasteiger partial charge in [0.2, 0.25) is 0 Å². The number of aromatic nitrogens is 2. The van der Waals surface area contributed by atoms with Gasteiger partial charge in [0.05, 0.1) is 5.02 Å². The van der Waals surface area contributed by atoms with Crippen molar-refractivity contribution >= 4 is 40.4 Å². The van der Waals surface area contributed by atoms with Crippen molar-refractivity contribution in [3.05, 3.63) is 65.4 Å². The number of halogens is 1. The Morgan fingerprint density at radius 1 is 1.08 bits per heavy atom. The number of anilines is 2. The standard InChI is InChI=1S/C26H28ClN5O5/c1-4-32(5-2)12-13-34-24-14-17(6-8-20(24)27)30-26-31-21-15-18(7-9-23(21)36-26)35-19-10-11-29-22(16-19)25(33)37-28-3/h6-11,14-16,28H,4-5,12-13H2,1-3H3,(H,30,31). The molecule has 0 amide bonds. The lowest BCUT2D eigenvalue weighted by molar-refractivity contribution is 0.0302. The summed E-state index contributed by atoms with van der Waals surface area (Å²) in [5.41, 5.74) is 4.33. The molecule has 0 aliphatic rings. The largest absolute Gasteiger partial charge is 0.491 e. The van der Waals surface area contributed by atoms with Crippen molar-refractivity contribution in [2.45, 2.75) is 13.8 Å². The van der Waals surface area contributed by atoms with Gasteiger partial charge in [0.15, 0.2) is 11.3 Å². The van der Waals surface area contributed by atoms with E-state index in [9.17, 15) is 4.79 Å². The van der Waals surface area contributed by atoms with Gasteiger partial charge >= 0.3 is 5.97 Å². The molecular weight excluding hydrogens is 498 g/mol. The SMILES string of the molecule is CCN(CC)CCOc1cc(Nc2nc3cc(Oc4ccnc(C(=O)ONC)c4)ccc3o2)ccc1Cl. The molecule has 0 aliphatic carbocycles. The zero-order chi connectivity index (χ0) is 26.2. The van der Waals surface area contributed by atoms with Crippen LogP contribution in [0.3, 0.4) is 0 Å². The number of fused-ring (bicyclic) bond motifs is 1. The lowest BCUT2D eigenvalue weighted by atomic mass is 10.3. The average molecular weight is 526 g/mol. The summed E-state index contributed by atoms with van der Waals surface area (Å²) in [6, 6.07) is 14.1. The summed E-state index contributed by atoms with van der Waals surface area (Å²) in [7, 11) is 1.49. The van der Waals surface area contributed by atoms with Gasteiger partial charge in [0.1, 0.15) is 29.4 Å². The number of carbonyl (C=O) groups is 1. The molecule has 0 aliphatic heterocycles. The molecule has 37 heavy (non-hydrogen) atoms. The number of hydrogen-bond donors (Lipinski definition) is 2. The van der Waals surface area contributed by atoms with E-state index < -0.39 is 5.97 Å². The minimum atomic E-state index is -0.615. The molecule has 0 radical (unpaired) electrons. The minimum absolute atomic E-state index is 0.111. The normalized spacial score (nSPS) is 11.1. The number of pyridine rings is 1. The molecule has 2 heterocycles. The number of ether oxygens (including phenoxy) is 2. The Hall–Kier alpha value is -3.86. The van der Waals surface area contributed by atoms with Crippen LogP contribution < -0.4 is 20.3 Å². The molecule has 2 N–H and O–H groups in total. The molecule has 0 saturated heterocycles. The van der Waals surface area contributed by atoms with E-state index >= 15 is 0 Å². The number of rotatable bonds is 12. The van der Waals surface area contributed by atoms with E-state index in [0.717, 1.165) is 25.3 Å². The van der Waals surface area contributed by atoms with Crippen LogP contribution in [0.15, 0.2) is 59.1 Å². The highest BCUT2D eigenvalue weighted by atomic mass is 35.5. The Morgan fingerprint density at radius 3 is 2.68 bits per heavy atom. The highest BCUT2D eigenvalue weighted by Crippen LogP contribution is 2.31. The summed E-state index contributed by atoms with van der Waals surface area (Å²) >= 11 is 6.32. The molecule has 0 saturated carbocycles. The molecule has 0 atom stereocenters. The van der Waals surface area contributed by atoms with Crippen molar-refractivity contribution in [2.24, 2.45) is 0 Å². The highest BCUT2D eigenvalue weighted by molar-refractivity contribution is 6.32. The Bertz CT molecular complexity index is 1360. The molecule has 2 aromatic heterocycles. The second-order valence-corrected chi connectivity index (χ2v) is 8.27. The lowest BCUT2D eigenvalue weighted by Crippen LogP contribution is -2.27. The van der Waals surface area contributed by atoms with Gasteiger partial charge in [-0.3, -0.25) is 0 Å². The maximum atomic E-state index is 11.9. The highest BCUT2D eigenvalue weighted by Gasteiger charge is 2.13. The van der Waals surface area contributed by atoms with Gasteiger partial charge in [-0.2, -0.15) is 10.5 Å². The second-order valence-electron chi connectivity index (χ2n) is 7.87. The first kappa shape index (κ1) is 26.2. The van der Waals surface area contributed by atoms with Crippen LogP contribution in [0.2, 0.25) is 5.02 Å². The quantitative estimate of drug-likeness (QED) is 0.232. The number of nitrogens with one attached hydrogen (secondary N) is 2. The fourth-order valence-electron chi connectivity index (χ4n) is 3.53. The van der Waals surface area contributed by atoms with Crippen LogP contribution in [-0.4, -0.2) is 54.1 Å². The van der Waals surface area contributed by atoms with Crippen LogP contribution in [0.4, 0.5) is 11.7 Å². The Labute approximate surface area is 219 Å². The van der Waals surface area contributed by atoms with Crippen LogP contribution in [0, 0.1) is 0 Å². The summed E-state index contributed by atoms with van der Waals surface area (Å²) < 4.78 is 17.6. The van der Waals surface area contributed by atoms with Crippen molar-refractivity contribution in [1.29, 1.82) is 0 Å². The number of oxazole rings is 1. The first-order valence-corrected chi connectivity index (χ1v) is 12.2. The first-order chi connectivity index (χ1) is 18.0. The van der Waals surface area contributed by atoms with Crippen LogP contribution in [0.1, 0.15) is 24.3 Å². The number of benzene rings is 2. The van der Waals surface area contributed by atoms with Gasteiger partial charge < -0.3 is 28.9 Å². The molecular formula is C26H28ClN5O5. The van der Waals surface area contributed by atoms with E-state index in [2.05, 4.69) is 39.5 Å². The lowest BCUT2D eigenvalue weighted by Gasteiger charge is -2.18. The number of hydroxylamine groups is 1. The Morgan fingerprint density at radius 2 is 1.89 bits per heavy atom. The zero-order valence-corrected chi connectivity index (χ0v) is 21.5. The van der Waals surface area contributed by atoms with Crippen molar-refractivity contribution in [3.8, 4) is 17.2 Å². The molecule has 0 fully saturated rings. The zero-order valence-electron chi connectivity index (χ0n) is 20.8. The summed E-state index contributed by atoms with van der Waals surface area (Å²) in [5.74, 6) is 0.909. The predicted octanol–water partition coefficient (Wildman–Crippen LogP) is 5.42. The minimum Gasteiger partial charge on any atom is -0.491 e. The fourth-order valence-corrected chi connectivity index (χ4v) is 3.70. The third-order valence-electron chi connectivity index (χ3n) is 5.47. The number of carbonyl (C=O) groups excluding carboxylic acids is 1. The maximum absolute atomic E-state index is 11.9. The molecule has 0 spiro atoms. The van der Waals surface area contributed by atoms with Gasteiger partial charge in [-0.25, -0.2) is 9.78 Å². The summed E-state index contributed by atoms with van der Waals surface area (Å²) in [4.78, 5) is 27.4. The van der Waals surface area contributed by atoms with E-state index in [1.165, 1.54) is 19.3 Å². The topological polar surface area (TPSA) is 111 Å². The smallest absolute Gasteiger partial charge is 0.375 e. The number of nitrogens with zero attached hydrogens (tertiary/aromatic N) is 3. The monoisotopic (exact) mass is 525 g/mol. The van der Waals surface area contributed by atoms with Crippen LogP contribution in [-0.2, 0) is 4.84 Å². The van der Waals surface area contributed by atoms with Gasteiger partial charge in [-0.1, -0.05) is 25.4 Å². The van der Waals surface area contributed by atoms with E-state index in [1.807, 2.05) is 12.1 Å². The average Bonchev–Trinajstić information content (AvgIpc) is 3.30. The summed E-state index contributed by atoms with van der Waals surface area (Å²) in [5, 5.41) is 3.68. The molecule has 194 valence electrons. The third-order valence-corrected chi connectivity index (χ3v) is 5.78. The van der Waals surface area contributed by atoms with Crippen LogP contribution in [0.25, 0.3) is 11.1 Å². The Kier molecular flexibility index (Phi) is 8.78. The third kappa shape index (κ3) is 6.88. The predicted molar refractivity (Wildman–Crippen MR) is 141 cm³/mol. The molecule has 10 nitrogen and oxygen atoms in total. The first-order valence-electron chi connectivity index (χ1n) is 11.8. The fraction of sp³-hybridized carbons (Fsp3) is 0.269. The van der Waals surface area contributed by atoms with Gasteiger partial charge in [0, 0.05) is 43.7 Å². The van der Waals surface area contributed by atoms with Gasteiger partial charge in [-0.05, 0) is 43.4 Å². The van der Waals surface area contributed by atoms with E-state index in [4.69, 9.17) is 30.3 Å². The van der Waals surface area contributed by atoms with Crippen molar-refractivity contribution < 1.29 is 23.5 Å². The van der Waals surface area contributed by atoms with Crippen molar-refractivity contribution in [3.63, 3.8) is 0 Å². The Balaban J connectivity index is 1.44. The maximum Gasteiger partial charge on any atom is 0.375 e. The van der Waals surface area contributed by atoms with Crippen LogP contribution >= 0.6 is 11.6 Å². The summed E-state index contributed by atoms with van der Waals surface area (Å²) in [6.45, 7) is 7.53. The molecule has 4 rings (SSSR count). The molecule has 2 aromatic carbocycles. The van der Waals surface area contributed by atoms with E-state index in [1.54, 1.807) is 30.3 Å². The summed E-state index contributed by atoms with van der Waals surface area (Å²) in [6.07, 6.45) is 1.46. The van der Waals surface area contributed by atoms with E-state index in [-0.39, 0.29) is 5.69 Å². The molecule has 0 unspecified atom stereocenters. The van der Waals surface area contributed by atoms with Gasteiger partial charge in [0.25, 0.3) is 6.01 Å². The molecule has 11 heteroatoms. The van der Waals surface area contributed by atoms with E-state index in [0.29, 0.717) is 46.0 Å². The number of likely N-dealkylation sites (N-methyl/N-ethyl adjacent to an activating group) is 1. The van der Waals surface area contributed by atoms with Crippen LogP contribution in [0.5, 0.6) is 17.2 Å². The molecule has 0 bridgehead atoms. The van der Waals surface area contributed by atoms with Gasteiger partial charge in [-0.15, -0.1) is 0 Å². The van der Waals surface area contributed by atoms with Crippen molar-refractivity contribution in [1.82, 2.24) is 20.3 Å².